The van der Waals surface area contributed by atoms with Crippen molar-refractivity contribution in [3.8, 4) is 33.5 Å². The predicted molar refractivity (Wildman–Crippen MR) is 123 cm³/mol. The van der Waals surface area contributed by atoms with E-state index in [-0.39, 0.29) is 5.41 Å². The van der Waals surface area contributed by atoms with Crippen LogP contribution in [0, 0.1) is 13.8 Å². The van der Waals surface area contributed by atoms with Crippen LogP contribution < -0.4 is 4.57 Å². The van der Waals surface area contributed by atoms with Crippen molar-refractivity contribution in [3.05, 3.63) is 95.4 Å². The molecule has 2 heterocycles. The fourth-order valence-electron chi connectivity index (χ4n) is 4.89. The van der Waals surface area contributed by atoms with E-state index in [2.05, 4.69) is 100 Å². The SMILES string of the molecule is Cc1ccc(-c2cc[n+](C)c(-c3c(C)ccc4c3C(C)(C)c3ncccc3-4)c2)cc1. The van der Waals surface area contributed by atoms with Gasteiger partial charge in [0.05, 0.1) is 11.3 Å². The van der Waals surface area contributed by atoms with E-state index in [0.29, 0.717) is 0 Å². The number of fused-ring (bicyclic) bond motifs is 3. The van der Waals surface area contributed by atoms with Gasteiger partial charge in [-0.25, -0.2) is 4.57 Å². The summed E-state index contributed by atoms with van der Waals surface area (Å²) >= 11 is 0. The molecule has 1 aliphatic carbocycles. The summed E-state index contributed by atoms with van der Waals surface area (Å²) in [6.07, 6.45) is 4.09. The third-order valence-electron chi connectivity index (χ3n) is 6.52. The molecule has 1 aliphatic rings. The molecule has 4 aromatic rings. The van der Waals surface area contributed by atoms with Crippen LogP contribution in [0.4, 0.5) is 0 Å². The second kappa shape index (κ2) is 6.63. The Hall–Kier alpha value is -3.26. The molecule has 0 N–H and O–H groups in total. The fourth-order valence-corrected chi connectivity index (χ4v) is 4.89. The van der Waals surface area contributed by atoms with Crippen LogP contribution in [0.15, 0.2) is 73.1 Å². The summed E-state index contributed by atoms with van der Waals surface area (Å²) in [5.41, 5.74) is 12.6. The van der Waals surface area contributed by atoms with Gasteiger partial charge in [0.15, 0.2) is 6.20 Å². The van der Waals surface area contributed by atoms with Crippen molar-refractivity contribution >= 4 is 0 Å². The molecule has 0 unspecified atom stereocenters. The Morgan fingerprint density at radius 1 is 0.833 bits per heavy atom. The molecule has 0 amide bonds. The topological polar surface area (TPSA) is 16.8 Å². The molecule has 0 spiro atoms. The van der Waals surface area contributed by atoms with Crippen LogP contribution in [-0.2, 0) is 12.5 Å². The average molecular weight is 392 g/mol. The van der Waals surface area contributed by atoms with Crippen molar-refractivity contribution in [3.63, 3.8) is 0 Å². The van der Waals surface area contributed by atoms with Crippen molar-refractivity contribution in [2.24, 2.45) is 7.05 Å². The van der Waals surface area contributed by atoms with Crippen LogP contribution in [-0.4, -0.2) is 4.98 Å². The lowest BCUT2D eigenvalue weighted by Gasteiger charge is -2.23. The highest BCUT2D eigenvalue weighted by Crippen LogP contribution is 2.51. The minimum Gasteiger partial charge on any atom is -0.260 e. The Labute approximate surface area is 178 Å². The Morgan fingerprint density at radius 3 is 2.37 bits per heavy atom. The number of nitrogens with zero attached hydrogens (tertiary/aromatic N) is 2. The largest absolute Gasteiger partial charge is 0.260 e. The third-order valence-corrected chi connectivity index (χ3v) is 6.52. The zero-order valence-electron chi connectivity index (χ0n) is 18.3. The van der Waals surface area contributed by atoms with E-state index in [1.807, 2.05) is 12.3 Å². The maximum absolute atomic E-state index is 4.78. The van der Waals surface area contributed by atoms with Gasteiger partial charge in [0, 0.05) is 29.3 Å². The number of hydrogen-bond acceptors (Lipinski definition) is 1. The third kappa shape index (κ3) is 2.71. The predicted octanol–water partition coefficient (Wildman–Crippen LogP) is 6.16. The van der Waals surface area contributed by atoms with Gasteiger partial charge in [-0.3, -0.25) is 4.98 Å². The van der Waals surface area contributed by atoms with Crippen LogP contribution in [0.1, 0.15) is 36.2 Å². The molecule has 2 heteroatoms. The van der Waals surface area contributed by atoms with Gasteiger partial charge in [0.25, 0.3) is 0 Å². The molecule has 2 aromatic carbocycles. The molecule has 30 heavy (non-hydrogen) atoms. The molecule has 0 radical (unpaired) electrons. The molecule has 2 nitrogen and oxygen atoms in total. The first-order valence-corrected chi connectivity index (χ1v) is 10.5. The van der Waals surface area contributed by atoms with Crippen LogP contribution >= 0.6 is 0 Å². The summed E-state index contributed by atoms with van der Waals surface area (Å²) in [4.78, 5) is 4.78. The standard InChI is InChI=1S/C28H27N2/c1-18-8-11-20(12-9-18)21-14-16-30(5)24(17-21)25-19(2)10-13-22-23-7-6-15-29-27(23)28(3,4)26(22)25/h6-17H,1-5H3/q+1. The number of rotatable bonds is 2. The molecule has 0 saturated heterocycles. The molecule has 148 valence electrons. The van der Waals surface area contributed by atoms with E-state index in [1.165, 1.54) is 55.9 Å². The molecule has 0 fully saturated rings. The smallest absolute Gasteiger partial charge is 0.213 e. The van der Waals surface area contributed by atoms with Gasteiger partial charge in [-0.05, 0) is 47.7 Å². The van der Waals surface area contributed by atoms with Gasteiger partial charge in [-0.15, -0.1) is 0 Å². The van der Waals surface area contributed by atoms with E-state index >= 15 is 0 Å². The van der Waals surface area contributed by atoms with E-state index in [9.17, 15) is 0 Å². The highest BCUT2D eigenvalue weighted by molar-refractivity contribution is 5.87. The number of benzene rings is 2. The normalized spacial score (nSPS) is 13.8. The first kappa shape index (κ1) is 18.7. The van der Waals surface area contributed by atoms with E-state index in [1.54, 1.807) is 0 Å². The second-order valence-corrected chi connectivity index (χ2v) is 8.98. The van der Waals surface area contributed by atoms with Crippen molar-refractivity contribution in [1.82, 2.24) is 4.98 Å². The van der Waals surface area contributed by atoms with E-state index in [0.717, 1.165) is 0 Å². The minimum atomic E-state index is -0.139. The Kier molecular flexibility index (Phi) is 4.14. The molecule has 5 rings (SSSR count). The molecular formula is C28H27N2+. The lowest BCUT2D eigenvalue weighted by Crippen LogP contribution is -2.32. The number of aromatic nitrogens is 2. The molecule has 0 bridgehead atoms. The summed E-state index contributed by atoms with van der Waals surface area (Å²) < 4.78 is 2.24. The number of aryl methyl sites for hydroxylation is 3. The molecule has 0 aliphatic heterocycles. The monoisotopic (exact) mass is 391 g/mol. The number of pyridine rings is 2. The summed E-state index contributed by atoms with van der Waals surface area (Å²) in [6.45, 7) is 8.96. The van der Waals surface area contributed by atoms with Crippen LogP contribution in [0.5, 0.6) is 0 Å². The summed E-state index contributed by atoms with van der Waals surface area (Å²) in [6, 6.07) is 22.1. The molecule has 0 saturated carbocycles. The maximum atomic E-state index is 4.78. The fraction of sp³-hybridized carbons (Fsp3) is 0.214. The highest BCUT2D eigenvalue weighted by Gasteiger charge is 2.40. The first-order valence-electron chi connectivity index (χ1n) is 10.5. The first-order chi connectivity index (χ1) is 14.4. The van der Waals surface area contributed by atoms with E-state index in [4.69, 9.17) is 4.98 Å². The van der Waals surface area contributed by atoms with Gasteiger partial charge in [0.2, 0.25) is 5.69 Å². The van der Waals surface area contributed by atoms with Gasteiger partial charge in [-0.2, -0.15) is 0 Å². The number of hydrogen-bond donors (Lipinski definition) is 0. The Morgan fingerprint density at radius 2 is 1.60 bits per heavy atom. The Bertz CT molecular complexity index is 1280. The van der Waals surface area contributed by atoms with Gasteiger partial charge < -0.3 is 0 Å². The van der Waals surface area contributed by atoms with Crippen molar-refractivity contribution < 1.29 is 4.57 Å². The van der Waals surface area contributed by atoms with Gasteiger partial charge >= 0.3 is 0 Å². The van der Waals surface area contributed by atoms with Crippen LogP contribution in [0.3, 0.4) is 0 Å². The molecule has 0 atom stereocenters. The van der Waals surface area contributed by atoms with Crippen molar-refractivity contribution in [2.45, 2.75) is 33.1 Å². The zero-order valence-corrected chi connectivity index (χ0v) is 18.3. The van der Waals surface area contributed by atoms with Gasteiger partial charge in [0.1, 0.15) is 7.05 Å². The van der Waals surface area contributed by atoms with Crippen molar-refractivity contribution in [2.75, 3.05) is 0 Å². The lowest BCUT2D eigenvalue weighted by molar-refractivity contribution is -0.660. The van der Waals surface area contributed by atoms with Gasteiger partial charge in [-0.1, -0.05) is 61.9 Å². The molecule has 2 aromatic heterocycles. The summed E-state index contributed by atoms with van der Waals surface area (Å²) in [7, 11) is 2.14. The lowest BCUT2D eigenvalue weighted by atomic mass is 9.80. The zero-order chi connectivity index (χ0) is 21.0. The van der Waals surface area contributed by atoms with Crippen LogP contribution in [0.2, 0.25) is 0 Å². The summed E-state index contributed by atoms with van der Waals surface area (Å²) in [5.74, 6) is 0. The quantitative estimate of drug-likeness (QED) is 0.374. The second-order valence-electron chi connectivity index (χ2n) is 8.98. The average Bonchev–Trinajstić information content (AvgIpc) is 2.97. The summed E-state index contributed by atoms with van der Waals surface area (Å²) in [5, 5.41) is 0. The van der Waals surface area contributed by atoms with Crippen molar-refractivity contribution in [1.29, 1.82) is 0 Å². The maximum Gasteiger partial charge on any atom is 0.213 e. The molecular weight excluding hydrogens is 364 g/mol. The Balaban J connectivity index is 1.78. The van der Waals surface area contributed by atoms with E-state index < -0.39 is 0 Å². The van der Waals surface area contributed by atoms with Crippen LogP contribution in [0.25, 0.3) is 33.5 Å². The minimum absolute atomic E-state index is 0.139. The highest BCUT2D eigenvalue weighted by atomic mass is 14.9.